The molecule has 0 bridgehead atoms. The van der Waals surface area contributed by atoms with Crippen LogP contribution in [0.1, 0.15) is 12.8 Å². The maximum Gasteiger partial charge on any atom is 0.322 e. The molecule has 0 aromatic heterocycles. The van der Waals surface area contributed by atoms with E-state index in [1.807, 2.05) is 0 Å². The summed E-state index contributed by atoms with van der Waals surface area (Å²) in [4.78, 5) is 32.2. The summed E-state index contributed by atoms with van der Waals surface area (Å²) in [6.07, 6.45) is 0.388. The lowest BCUT2D eigenvalue weighted by Gasteiger charge is -2.04. The smallest absolute Gasteiger partial charge is 0.322 e. The molecule has 0 saturated carbocycles. The van der Waals surface area contributed by atoms with E-state index in [2.05, 4.69) is 15.4 Å². The van der Waals surface area contributed by atoms with Gasteiger partial charge in [0.25, 0.3) is 5.91 Å². The van der Waals surface area contributed by atoms with Gasteiger partial charge in [-0.25, -0.2) is 4.79 Å². The number of urea groups is 1. The second kappa shape index (κ2) is 3.88. The van der Waals surface area contributed by atoms with E-state index in [9.17, 15) is 14.4 Å². The SMILES string of the molecule is COC(=O)CC[C@@H]1NC(=O)NC1=O. The number of carbonyl (C=O) groups is 3. The fraction of sp³-hybridized carbons (Fsp3) is 0.571. The molecule has 0 aromatic rings. The van der Waals surface area contributed by atoms with Crippen LogP contribution in [-0.4, -0.2) is 31.1 Å². The topological polar surface area (TPSA) is 84.5 Å². The van der Waals surface area contributed by atoms with E-state index >= 15 is 0 Å². The van der Waals surface area contributed by atoms with Crippen molar-refractivity contribution in [2.45, 2.75) is 18.9 Å². The summed E-state index contributed by atoms with van der Waals surface area (Å²) in [5.74, 6) is -0.789. The number of carbonyl (C=O) groups excluding carboxylic acids is 3. The van der Waals surface area contributed by atoms with Gasteiger partial charge in [-0.3, -0.25) is 14.9 Å². The lowest BCUT2D eigenvalue weighted by atomic mass is 10.1. The van der Waals surface area contributed by atoms with Crippen LogP contribution in [0.4, 0.5) is 4.79 Å². The molecule has 0 aliphatic carbocycles. The van der Waals surface area contributed by atoms with Gasteiger partial charge in [-0.15, -0.1) is 0 Å². The van der Waals surface area contributed by atoms with Crippen LogP contribution in [0.15, 0.2) is 0 Å². The summed E-state index contributed by atoms with van der Waals surface area (Å²) < 4.78 is 4.39. The molecule has 1 aliphatic heterocycles. The number of rotatable bonds is 3. The monoisotopic (exact) mass is 186 g/mol. The number of methoxy groups -OCH3 is 1. The van der Waals surface area contributed by atoms with Crippen molar-refractivity contribution < 1.29 is 19.1 Å². The van der Waals surface area contributed by atoms with Crippen LogP contribution in [0.2, 0.25) is 0 Å². The molecule has 0 unspecified atom stereocenters. The molecule has 1 atom stereocenters. The summed E-state index contributed by atoms with van der Waals surface area (Å²) in [6, 6.07) is -1.12. The van der Waals surface area contributed by atoms with Crippen molar-refractivity contribution in [2.24, 2.45) is 0 Å². The predicted octanol–water partition coefficient (Wildman–Crippen LogP) is -0.852. The van der Waals surface area contributed by atoms with Crippen LogP contribution in [0.3, 0.4) is 0 Å². The third kappa shape index (κ3) is 2.43. The van der Waals surface area contributed by atoms with Crippen LogP contribution in [-0.2, 0) is 14.3 Å². The Morgan fingerprint density at radius 3 is 2.69 bits per heavy atom. The Morgan fingerprint density at radius 2 is 2.23 bits per heavy atom. The average molecular weight is 186 g/mol. The summed E-state index contributed by atoms with van der Waals surface area (Å²) in [7, 11) is 1.27. The van der Waals surface area contributed by atoms with Crippen LogP contribution in [0.5, 0.6) is 0 Å². The van der Waals surface area contributed by atoms with Gasteiger partial charge in [-0.05, 0) is 6.42 Å². The lowest BCUT2D eigenvalue weighted by Crippen LogP contribution is -2.29. The highest BCUT2D eigenvalue weighted by Crippen LogP contribution is 2.02. The van der Waals surface area contributed by atoms with Gasteiger partial charge >= 0.3 is 12.0 Å². The molecule has 13 heavy (non-hydrogen) atoms. The van der Waals surface area contributed by atoms with Crippen molar-refractivity contribution in [3.63, 3.8) is 0 Å². The van der Waals surface area contributed by atoms with Crippen LogP contribution in [0.25, 0.3) is 0 Å². The fourth-order valence-electron chi connectivity index (χ4n) is 1.03. The molecule has 0 radical (unpaired) electrons. The first kappa shape index (κ1) is 9.50. The summed E-state index contributed by atoms with van der Waals surface area (Å²) in [6.45, 7) is 0. The highest BCUT2D eigenvalue weighted by molar-refractivity contribution is 6.04. The third-order valence-corrected chi connectivity index (χ3v) is 1.72. The quantitative estimate of drug-likeness (QED) is 0.444. The maximum absolute atomic E-state index is 10.9. The van der Waals surface area contributed by atoms with Crippen molar-refractivity contribution in [1.29, 1.82) is 0 Å². The van der Waals surface area contributed by atoms with Gasteiger partial charge in [-0.1, -0.05) is 0 Å². The fourth-order valence-corrected chi connectivity index (χ4v) is 1.03. The Bertz CT molecular complexity index is 251. The van der Waals surface area contributed by atoms with Crippen LogP contribution >= 0.6 is 0 Å². The predicted molar refractivity (Wildman–Crippen MR) is 41.7 cm³/mol. The zero-order chi connectivity index (χ0) is 9.84. The molecule has 3 amide bonds. The summed E-state index contributed by atoms with van der Waals surface area (Å²) in [5, 5.41) is 4.44. The molecule has 2 N–H and O–H groups in total. The molecular weight excluding hydrogens is 176 g/mol. The highest BCUT2D eigenvalue weighted by atomic mass is 16.5. The van der Waals surface area contributed by atoms with Crippen LogP contribution in [0, 0.1) is 0 Å². The van der Waals surface area contributed by atoms with Gasteiger partial charge in [0.05, 0.1) is 7.11 Å². The van der Waals surface area contributed by atoms with Crippen molar-refractivity contribution in [3.05, 3.63) is 0 Å². The van der Waals surface area contributed by atoms with E-state index in [0.29, 0.717) is 0 Å². The van der Waals surface area contributed by atoms with E-state index in [1.54, 1.807) is 0 Å². The first-order valence-corrected chi connectivity index (χ1v) is 3.81. The minimum absolute atomic E-state index is 0.120. The number of nitrogens with one attached hydrogen (secondary N) is 2. The number of amides is 3. The molecule has 1 saturated heterocycles. The Hall–Kier alpha value is -1.59. The van der Waals surface area contributed by atoms with Gasteiger partial charge in [0.15, 0.2) is 0 Å². The number of esters is 1. The number of hydrogen-bond donors (Lipinski definition) is 2. The van der Waals surface area contributed by atoms with Crippen molar-refractivity contribution in [3.8, 4) is 0 Å². The molecular formula is C7H10N2O4. The molecule has 1 heterocycles. The van der Waals surface area contributed by atoms with Gasteiger partial charge < -0.3 is 10.1 Å². The molecule has 1 aliphatic rings. The zero-order valence-corrected chi connectivity index (χ0v) is 7.12. The molecule has 1 rings (SSSR count). The van der Waals surface area contributed by atoms with E-state index < -0.39 is 23.9 Å². The highest BCUT2D eigenvalue weighted by Gasteiger charge is 2.29. The van der Waals surface area contributed by atoms with Crippen molar-refractivity contribution in [1.82, 2.24) is 10.6 Å². The van der Waals surface area contributed by atoms with Gasteiger partial charge in [0.2, 0.25) is 0 Å². The summed E-state index contributed by atoms with van der Waals surface area (Å²) >= 11 is 0. The van der Waals surface area contributed by atoms with E-state index in [0.717, 1.165) is 0 Å². The minimum Gasteiger partial charge on any atom is -0.469 e. The number of imide groups is 1. The molecule has 72 valence electrons. The normalized spacial score (nSPS) is 20.8. The number of hydrogen-bond acceptors (Lipinski definition) is 4. The van der Waals surface area contributed by atoms with E-state index in [-0.39, 0.29) is 12.8 Å². The Labute approximate surface area is 74.6 Å². The van der Waals surface area contributed by atoms with Crippen molar-refractivity contribution in [2.75, 3.05) is 7.11 Å². The van der Waals surface area contributed by atoms with Crippen molar-refractivity contribution >= 4 is 17.9 Å². The Morgan fingerprint density at radius 1 is 1.54 bits per heavy atom. The van der Waals surface area contributed by atoms with E-state index in [1.165, 1.54) is 7.11 Å². The van der Waals surface area contributed by atoms with E-state index in [4.69, 9.17) is 0 Å². The van der Waals surface area contributed by atoms with Crippen LogP contribution < -0.4 is 10.6 Å². The average Bonchev–Trinajstić information content (AvgIpc) is 2.41. The Balaban J connectivity index is 2.33. The van der Waals surface area contributed by atoms with Gasteiger partial charge in [0, 0.05) is 6.42 Å². The maximum atomic E-state index is 10.9. The third-order valence-electron chi connectivity index (χ3n) is 1.72. The molecule has 0 aromatic carbocycles. The first-order chi connectivity index (χ1) is 6.13. The van der Waals surface area contributed by atoms with Gasteiger partial charge in [0.1, 0.15) is 6.04 Å². The minimum atomic E-state index is -0.605. The largest absolute Gasteiger partial charge is 0.469 e. The molecule has 6 nitrogen and oxygen atoms in total. The molecule has 6 heteroatoms. The molecule has 0 spiro atoms. The summed E-state index contributed by atoms with van der Waals surface area (Å²) in [5.41, 5.74) is 0. The first-order valence-electron chi connectivity index (χ1n) is 3.81. The molecule has 1 fully saturated rings. The Kier molecular flexibility index (Phi) is 2.84. The second-order valence-electron chi connectivity index (χ2n) is 2.63. The van der Waals surface area contributed by atoms with Gasteiger partial charge in [-0.2, -0.15) is 0 Å². The zero-order valence-electron chi connectivity index (χ0n) is 7.12. The standard InChI is InChI=1S/C7H10N2O4/c1-13-5(10)3-2-4-6(11)9-7(12)8-4/h4H,2-3H2,1H3,(H2,8,9,11,12)/t4-/m0/s1. The lowest BCUT2D eigenvalue weighted by molar-refractivity contribution is -0.140. The number of ether oxygens (including phenoxy) is 1. The second-order valence-corrected chi connectivity index (χ2v) is 2.63.